The maximum Gasteiger partial charge on any atom is 0.417 e. The molecular weight excluding hydrogens is 753 g/mol. The second-order valence-corrected chi connectivity index (χ2v) is 17.3. The minimum atomic E-state index is -4.69. The van der Waals surface area contributed by atoms with Crippen molar-refractivity contribution in [1.29, 1.82) is 0 Å². The van der Waals surface area contributed by atoms with Gasteiger partial charge in [0.25, 0.3) is 5.91 Å². The average Bonchev–Trinajstić information content (AvgIpc) is 4.03. The molecule has 1 aliphatic heterocycles. The zero-order chi connectivity index (χ0) is 39.4. The maximum atomic E-state index is 14.6. The normalized spacial score (nSPS) is 23.3. The third-order valence-corrected chi connectivity index (χ3v) is 11.9. The van der Waals surface area contributed by atoms with E-state index in [1.54, 1.807) is 39.0 Å². The van der Waals surface area contributed by atoms with E-state index in [1.165, 1.54) is 24.3 Å². The van der Waals surface area contributed by atoms with Crippen molar-refractivity contribution in [3.05, 3.63) is 66.1 Å². The quantitative estimate of drug-likeness (QED) is 0.216. The van der Waals surface area contributed by atoms with Crippen LogP contribution in [0.2, 0.25) is 5.02 Å². The Labute approximate surface area is 315 Å². The first kappa shape index (κ1) is 39.1. The average molecular weight is 793 g/mol. The summed E-state index contributed by atoms with van der Waals surface area (Å²) in [4.78, 5) is 51.7. The molecule has 6 rings (SSSR count). The van der Waals surface area contributed by atoms with Gasteiger partial charge in [-0.05, 0) is 48.9 Å². The first-order valence-corrected chi connectivity index (χ1v) is 19.1. The molecule has 3 aromatic rings. The molecule has 1 saturated heterocycles. The summed E-state index contributed by atoms with van der Waals surface area (Å²) in [6.45, 7) is 8.69. The minimum Gasteiger partial charge on any atom is -0.494 e. The number of hydrogen-bond acceptors (Lipinski definition) is 10. The molecule has 0 bridgehead atoms. The molecule has 1 aromatic carbocycles. The second kappa shape index (κ2) is 14.2. The number of likely N-dealkylation sites (tertiary alicyclic amines) is 1. The first-order chi connectivity index (χ1) is 25.3. The number of anilines is 1. The van der Waals surface area contributed by atoms with Crippen LogP contribution < -0.4 is 24.8 Å². The topological polar surface area (TPSA) is 169 Å². The van der Waals surface area contributed by atoms with E-state index in [0.29, 0.717) is 40.6 Å². The molecule has 2 saturated carbocycles. The summed E-state index contributed by atoms with van der Waals surface area (Å²) in [5.74, 6) is -2.32. The fourth-order valence-electron chi connectivity index (χ4n) is 6.63. The van der Waals surface area contributed by atoms with Gasteiger partial charge in [-0.25, -0.2) is 13.4 Å². The van der Waals surface area contributed by atoms with Gasteiger partial charge in [0.2, 0.25) is 27.7 Å². The summed E-state index contributed by atoms with van der Waals surface area (Å²) in [5, 5.41) is 6.46. The highest BCUT2D eigenvalue weighted by Crippen LogP contribution is 2.46. The van der Waals surface area contributed by atoms with E-state index in [-0.39, 0.29) is 31.0 Å². The summed E-state index contributed by atoms with van der Waals surface area (Å²) < 4.78 is 80.0. The number of carbonyl (C=O) groups excluding carboxylic acids is 3. The third-order valence-electron chi connectivity index (χ3n) is 9.86. The molecule has 0 radical (unpaired) electrons. The molecule has 0 unspecified atom stereocenters. The molecule has 3 aliphatic rings. The Bertz CT molecular complexity index is 2110. The van der Waals surface area contributed by atoms with Gasteiger partial charge in [-0.1, -0.05) is 38.4 Å². The predicted molar refractivity (Wildman–Crippen MR) is 193 cm³/mol. The highest BCUT2D eigenvalue weighted by Gasteiger charge is 2.62. The number of fused-ring (bicyclic) bond motifs is 1. The van der Waals surface area contributed by atoms with Crippen LogP contribution in [0.15, 0.2) is 55.5 Å². The fraction of sp³-hybridized carbons (Fsp3) is 0.472. The smallest absolute Gasteiger partial charge is 0.417 e. The van der Waals surface area contributed by atoms with Gasteiger partial charge < -0.3 is 25.0 Å². The van der Waals surface area contributed by atoms with E-state index in [9.17, 15) is 36.0 Å². The first-order valence-electron chi connectivity index (χ1n) is 17.2. The molecular formula is C36H40ClF3N6O7S. The standard InChI is InChI=1S/C36H40ClF3N6O7S/c1-6-19-14-35(19,33(49)45-54(50,51)24-8-9-24)44-30(47)27-13-23(53-31-26-12-21(37)7-10-25(26)28(52-5)17-42-31)18-46(27)32(48)29(34(2,3)4)43-22-11-20(15-41-16-22)36(38,39)40/h6-7,10-12,15-17,19,23-24,27,29,43H,1,8-9,13-14,18H2,2-5H3,(H,44,47)(H,45,49)/t19-,23-,27+,29+,35-/m1/s1. The van der Waals surface area contributed by atoms with Crippen LogP contribution in [0.4, 0.5) is 18.9 Å². The second-order valence-electron chi connectivity index (χ2n) is 14.9. The van der Waals surface area contributed by atoms with Gasteiger partial charge in [0.15, 0.2) is 0 Å². The maximum absolute atomic E-state index is 14.6. The monoisotopic (exact) mass is 792 g/mol. The van der Waals surface area contributed by atoms with Gasteiger partial charge in [0.1, 0.15) is 29.5 Å². The summed E-state index contributed by atoms with van der Waals surface area (Å²) in [7, 11) is -2.48. The van der Waals surface area contributed by atoms with E-state index >= 15 is 0 Å². The molecule has 5 atom stereocenters. The number of nitrogens with one attached hydrogen (secondary N) is 3. The SMILES string of the molecule is C=C[C@@H]1C[C@]1(NC(=O)[C@@H]1C[C@@H](Oc2ncc(OC)c3ccc(Cl)cc23)CN1C(=O)[C@H](Nc1cncc(C(F)(F)F)c1)C(C)(C)C)C(=O)NS(=O)(=O)C1CC1. The third kappa shape index (κ3) is 7.92. The van der Waals surface area contributed by atoms with Gasteiger partial charge >= 0.3 is 6.18 Å². The van der Waals surface area contributed by atoms with Gasteiger partial charge in [-0.3, -0.25) is 24.1 Å². The Balaban J connectivity index is 1.33. The molecule has 290 valence electrons. The lowest BCUT2D eigenvalue weighted by molar-refractivity contribution is -0.141. The Morgan fingerprint density at radius 3 is 2.44 bits per heavy atom. The van der Waals surface area contributed by atoms with Gasteiger partial charge in [-0.15, -0.1) is 6.58 Å². The number of carbonyl (C=O) groups is 3. The molecule has 54 heavy (non-hydrogen) atoms. The predicted octanol–water partition coefficient (Wildman–Crippen LogP) is 4.86. The lowest BCUT2D eigenvalue weighted by Crippen LogP contribution is -2.58. The molecule has 18 heteroatoms. The zero-order valence-electron chi connectivity index (χ0n) is 29.9. The summed E-state index contributed by atoms with van der Waals surface area (Å²) in [6, 6.07) is 3.42. The number of amides is 3. The molecule has 3 N–H and O–H groups in total. The number of hydrogen-bond donors (Lipinski definition) is 3. The zero-order valence-corrected chi connectivity index (χ0v) is 31.4. The van der Waals surface area contributed by atoms with Crippen molar-refractivity contribution in [2.45, 2.75) is 81.6 Å². The Kier molecular flexibility index (Phi) is 10.3. The molecule has 2 aromatic heterocycles. The van der Waals surface area contributed by atoms with Crippen LogP contribution in [0.5, 0.6) is 11.6 Å². The van der Waals surface area contributed by atoms with Crippen LogP contribution in [0, 0.1) is 11.3 Å². The van der Waals surface area contributed by atoms with Crippen LogP contribution in [0.3, 0.4) is 0 Å². The van der Waals surface area contributed by atoms with Crippen molar-refractivity contribution in [3.63, 3.8) is 0 Å². The number of aromatic nitrogens is 2. The van der Waals surface area contributed by atoms with Crippen LogP contribution in [-0.2, 0) is 30.6 Å². The van der Waals surface area contributed by atoms with Crippen LogP contribution in [0.25, 0.3) is 10.8 Å². The van der Waals surface area contributed by atoms with Crippen LogP contribution >= 0.6 is 11.6 Å². The van der Waals surface area contributed by atoms with Crippen molar-refractivity contribution >= 4 is 55.8 Å². The van der Waals surface area contributed by atoms with E-state index in [2.05, 4.69) is 31.9 Å². The summed E-state index contributed by atoms with van der Waals surface area (Å²) in [6.07, 6.45) is 0.00413. The Morgan fingerprint density at radius 2 is 1.83 bits per heavy atom. The number of rotatable bonds is 12. The number of ether oxygens (including phenoxy) is 2. The summed E-state index contributed by atoms with van der Waals surface area (Å²) >= 11 is 6.31. The number of benzene rings is 1. The van der Waals surface area contributed by atoms with Crippen molar-refractivity contribution < 1.29 is 45.4 Å². The van der Waals surface area contributed by atoms with E-state index in [0.717, 1.165) is 12.3 Å². The molecule has 3 amide bonds. The largest absolute Gasteiger partial charge is 0.494 e. The number of nitrogens with zero attached hydrogens (tertiary/aromatic N) is 3. The van der Waals surface area contributed by atoms with Gasteiger partial charge in [-0.2, -0.15) is 13.2 Å². The molecule has 0 spiro atoms. The number of halogens is 4. The molecule has 3 heterocycles. The highest BCUT2D eigenvalue weighted by molar-refractivity contribution is 7.91. The molecule has 2 aliphatic carbocycles. The lowest BCUT2D eigenvalue weighted by atomic mass is 9.85. The highest BCUT2D eigenvalue weighted by atomic mass is 35.5. The molecule has 13 nitrogen and oxygen atoms in total. The van der Waals surface area contributed by atoms with Crippen molar-refractivity contribution in [2.75, 3.05) is 19.0 Å². The van der Waals surface area contributed by atoms with Gasteiger partial charge in [0, 0.05) is 40.5 Å². The van der Waals surface area contributed by atoms with Crippen LogP contribution in [-0.4, -0.2) is 83.6 Å². The van der Waals surface area contributed by atoms with Crippen molar-refractivity contribution in [2.24, 2.45) is 11.3 Å². The number of methoxy groups -OCH3 is 1. The number of pyridine rings is 2. The number of alkyl halides is 3. The Morgan fingerprint density at radius 1 is 1.11 bits per heavy atom. The van der Waals surface area contributed by atoms with Gasteiger partial charge in [0.05, 0.1) is 36.4 Å². The van der Waals surface area contributed by atoms with E-state index < -0.39 is 79.8 Å². The van der Waals surface area contributed by atoms with E-state index in [4.69, 9.17) is 21.1 Å². The number of sulfonamides is 1. The molecule has 3 fully saturated rings. The fourth-order valence-corrected chi connectivity index (χ4v) is 8.16. The Hall–Kier alpha value is -4.64. The van der Waals surface area contributed by atoms with Crippen LogP contribution in [0.1, 0.15) is 52.0 Å². The lowest BCUT2D eigenvalue weighted by Gasteiger charge is -2.36. The minimum absolute atomic E-state index is 0.0730. The summed E-state index contributed by atoms with van der Waals surface area (Å²) in [5.41, 5.74) is -3.65. The van der Waals surface area contributed by atoms with Crippen molar-refractivity contribution in [1.82, 2.24) is 24.9 Å². The van der Waals surface area contributed by atoms with E-state index in [1.807, 2.05) is 0 Å². The van der Waals surface area contributed by atoms with Crippen molar-refractivity contribution in [3.8, 4) is 11.6 Å².